The van der Waals surface area contributed by atoms with E-state index >= 15 is 0 Å². The van der Waals surface area contributed by atoms with Crippen LogP contribution in [0.25, 0.3) is 0 Å². The number of fused-ring (bicyclic) bond motifs is 1. The fourth-order valence-electron chi connectivity index (χ4n) is 4.28. The minimum Gasteiger partial charge on any atom is -0.488 e. The number of carbonyl (C=O) groups excluding carboxylic acids is 2. The highest BCUT2D eigenvalue weighted by atomic mass is 16.5. The third-order valence-corrected chi connectivity index (χ3v) is 6.07. The van der Waals surface area contributed by atoms with E-state index in [1.807, 2.05) is 43.9 Å². The van der Waals surface area contributed by atoms with E-state index < -0.39 is 5.41 Å². The molecular weight excluding hydrogens is 378 g/mol. The summed E-state index contributed by atoms with van der Waals surface area (Å²) in [7, 11) is 0. The Bertz CT molecular complexity index is 964. The molecule has 0 saturated carbocycles. The molecule has 0 spiro atoms. The normalized spacial score (nSPS) is 16.6. The number of anilines is 2. The number of amides is 1. The molecule has 158 valence electrons. The number of aldehydes is 1. The maximum absolute atomic E-state index is 12.8. The molecule has 1 amide bonds. The monoisotopic (exact) mass is 407 g/mol. The number of nitrogens with zero attached hydrogens (tertiary/aromatic N) is 3. The van der Waals surface area contributed by atoms with E-state index in [1.54, 1.807) is 6.20 Å². The molecule has 0 atom stereocenters. The fraction of sp³-hybridized carbons (Fsp3) is 0.458. The van der Waals surface area contributed by atoms with Crippen LogP contribution in [0.4, 0.5) is 11.5 Å². The van der Waals surface area contributed by atoms with Crippen molar-refractivity contribution in [3.05, 3.63) is 47.2 Å². The smallest absolute Gasteiger partial charge is 0.255 e. The van der Waals surface area contributed by atoms with E-state index in [0.29, 0.717) is 30.3 Å². The molecule has 0 N–H and O–H groups in total. The predicted octanol–water partition coefficient (Wildman–Crippen LogP) is 4.02. The van der Waals surface area contributed by atoms with Gasteiger partial charge in [0.25, 0.3) is 5.91 Å². The highest BCUT2D eigenvalue weighted by Gasteiger charge is 2.27. The van der Waals surface area contributed by atoms with Crippen molar-refractivity contribution in [3.8, 4) is 5.75 Å². The van der Waals surface area contributed by atoms with E-state index in [2.05, 4.69) is 16.0 Å². The number of aryl methyl sites for hydroxylation is 1. The number of benzene rings is 1. The zero-order valence-electron chi connectivity index (χ0n) is 18.0. The summed E-state index contributed by atoms with van der Waals surface area (Å²) >= 11 is 0. The molecule has 6 heteroatoms. The van der Waals surface area contributed by atoms with Gasteiger partial charge in [-0.2, -0.15) is 0 Å². The largest absolute Gasteiger partial charge is 0.488 e. The number of hydrogen-bond acceptors (Lipinski definition) is 5. The van der Waals surface area contributed by atoms with Crippen molar-refractivity contribution in [1.82, 2.24) is 9.88 Å². The van der Waals surface area contributed by atoms with Crippen molar-refractivity contribution in [2.75, 3.05) is 31.1 Å². The molecule has 2 aromatic rings. The molecule has 6 nitrogen and oxygen atoms in total. The molecule has 3 heterocycles. The van der Waals surface area contributed by atoms with Gasteiger partial charge in [-0.15, -0.1) is 0 Å². The molecule has 0 unspecified atom stereocenters. The first-order valence-corrected chi connectivity index (χ1v) is 10.7. The van der Waals surface area contributed by atoms with Crippen LogP contribution < -0.4 is 9.64 Å². The number of aromatic nitrogens is 1. The summed E-state index contributed by atoms with van der Waals surface area (Å²) in [5.74, 6) is 1.35. The second-order valence-electron chi connectivity index (χ2n) is 8.74. The maximum atomic E-state index is 12.8. The van der Waals surface area contributed by atoms with Gasteiger partial charge in [0.2, 0.25) is 0 Å². The number of ether oxygens (including phenoxy) is 1. The minimum atomic E-state index is -0.562. The van der Waals surface area contributed by atoms with Crippen molar-refractivity contribution < 1.29 is 14.3 Å². The minimum absolute atomic E-state index is 0.0241. The van der Waals surface area contributed by atoms with Gasteiger partial charge in [-0.25, -0.2) is 4.98 Å². The lowest BCUT2D eigenvalue weighted by Crippen LogP contribution is -2.36. The summed E-state index contributed by atoms with van der Waals surface area (Å²) in [6.07, 6.45) is 5.94. The third-order valence-electron chi connectivity index (χ3n) is 6.07. The highest BCUT2D eigenvalue weighted by Crippen LogP contribution is 2.37. The Morgan fingerprint density at radius 2 is 1.90 bits per heavy atom. The summed E-state index contributed by atoms with van der Waals surface area (Å²) in [5.41, 5.74) is 3.06. The maximum Gasteiger partial charge on any atom is 0.255 e. The molecule has 1 saturated heterocycles. The Hall–Kier alpha value is -2.89. The van der Waals surface area contributed by atoms with Gasteiger partial charge in [0.05, 0.1) is 12.1 Å². The lowest BCUT2D eigenvalue weighted by atomic mass is 9.83. The first kappa shape index (κ1) is 20.4. The van der Waals surface area contributed by atoms with Crippen molar-refractivity contribution in [2.45, 2.75) is 45.4 Å². The molecular formula is C24H29N3O3. The number of piperidine rings is 1. The molecule has 2 aliphatic heterocycles. The van der Waals surface area contributed by atoms with Gasteiger partial charge in [0.1, 0.15) is 12.9 Å². The van der Waals surface area contributed by atoms with E-state index in [1.165, 1.54) is 6.42 Å². The molecule has 0 aliphatic carbocycles. The molecule has 0 radical (unpaired) electrons. The zero-order chi connectivity index (χ0) is 21.3. The topological polar surface area (TPSA) is 62.7 Å². The van der Waals surface area contributed by atoms with Gasteiger partial charge < -0.3 is 19.3 Å². The Morgan fingerprint density at radius 3 is 2.63 bits per heavy atom. The van der Waals surface area contributed by atoms with Crippen LogP contribution in [-0.2, 0) is 10.2 Å². The van der Waals surface area contributed by atoms with E-state index in [-0.39, 0.29) is 5.91 Å². The Kier molecular flexibility index (Phi) is 5.50. The van der Waals surface area contributed by atoms with Crippen molar-refractivity contribution in [3.63, 3.8) is 0 Å². The quantitative estimate of drug-likeness (QED) is 0.717. The lowest BCUT2D eigenvalue weighted by molar-refractivity contribution is -0.111. The second kappa shape index (κ2) is 8.09. The van der Waals surface area contributed by atoms with Gasteiger partial charge in [-0.1, -0.05) is 6.07 Å². The van der Waals surface area contributed by atoms with Crippen molar-refractivity contribution >= 4 is 23.7 Å². The first-order valence-electron chi connectivity index (χ1n) is 10.7. The van der Waals surface area contributed by atoms with Crippen LogP contribution in [0.1, 0.15) is 54.6 Å². The van der Waals surface area contributed by atoms with E-state index in [4.69, 9.17) is 4.74 Å². The number of carbonyl (C=O) groups is 2. The Labute approximate surface area is 177 Å². The average molecular weight is 408 g/mol. The fourth-order valence-corrected chi connectivity index (χ4v) is 4.28. The van der Waals surface area contributed by atoms with Crippen LogP contribution in [0.5, 0.6) is 5.75 Å². The zero-order valence-corrected chi connectivity index (χ0v) is 18.0. The van der Waals surface area contributed by atoms with Crippen LogP contribution in [0.2, 0.25) is 0 Å². The first-order chi connectivity index (χ1) is 14.4. The van der Waals surface area contributed by atoms with Gasteiger partial charge in [0, 0.05) is 30.4 Å². The van der Waals surface area contributed by atoms with Crippen LogP contribution >= 0.6 is 0 Å². The molecule has 4 rings (SSSR count). The summed E-state index contributed by atoms with van der Waals surface area (Å²) in [6, 6.07) is 7.96. The Balaban J connectivity index is 1.66. The third kappa shape index (κ3) is 3.78. The number of hydrogen-bond donors (Lipinski definition) is 0. The average Bonchev–Trinajstić information content (AvgIpc) is 2.78. The second-order valence-corrected chi connectivity index (χ2v) is 8.74. The van der Waals surface area contributed by atoms with Crippen molar-refractivity contribution in [2.24, 2.45) is 0 Å². The predicted molar refractivity (Wildman–Crippen MR) is 117 cm³/mol. The SMILES string of the molecule is Cc1ccc(N2CCOc3cc(C(=O)N4CCCCC4)cnc32)cc1C(C)(C)C=O. The van der Waals surface area contributed by atoms with Crippen LogP contribution in [0.15, 0.2) is 30.5 Å². The van der Waals surface area contributed by atoms with Crippen LogP contribution in [-0.4, -0.2) is 48.3 Å². The van der Waals surface area contributed by atoms with Crippen molar-refractivity contribution in [1.29, 1.82) is 0 Å². The van der Waals surface area contributed by atoms with E-state index in [0.717, 1.165) is 49.0 Å². The molecule has 2 aliphatic rings. The van der Waals surface area contributed by atoms with Crippen LogP contribution in [0, 0.1) is 6.92 Å². The molecule has 1 fully saturated rings. The molecule has 1 aromatic heterocycles. The van der Waals surface area contributed by atoms with Gasteiger partial charge in [-0.3, -0.25) is 4.79 Å². The number of pyridine rings is 1. The van der Waals surface area contributed by atoms with Crippen LogP contribution in [0.3, 0.4) is 0 Å². The highest BCUT2D eigenvalue weighted by molar-refractivity contribution is 5.95. The van der Waals surface area contributed by atoms with Gasteiger partial charge in [0.15, 0.2) is 11.6 Å². The number of likely N-dealkylation sites (tertiary alicyclic amines) is 1. The van der Waals surface area contributed by atoms with E-state index in [9.17, 15) is 9.59 Å². The number of rotatable bonds is 4. The van der Waals surface area contributed by atoms with Gasteiger partial charge >= 0.3 is 0 Å². The summed E-state index contributed by atoms with van der Waals surface area (Å²) in [4.78, 5) is 33.1. The molecule has 1 aromatic carbocycles. The molecule has 30 heavy (non-hydrogen) atoms. The summed E-state index contributed by atoms with van der Waals surface area (Å²) in [5, 5.41) is 0. The lowest BCUT2D eigenvalue weighted by Gasteiger charge is -2.32. The Morgan fingerprint density at radius 1 is 1.13 bits per heavy atom. The van der Waals surface area contributed by atoms with Gasteiger partial charge in [-0.05, 0) is 69.4 Å². The standard InChI is InChI=1S/C24H29N3O3/c1-17-7-8-19(14-20(17)24(2,3)16-28)27-11-12-30-21-13-18(15-25-22(21)27)23(29)26-9-5-4-6-10-26/h7-8,13-16H,4-6,9-12H2,1-3H3. The summed E-state index contributed by atoms with van der Waals surface area (Å²) in [6.45, 7) is 8.66. The summed E-state index contributed by atoms with van der Waals surface area (Å²) < 4.78 is 5.86. The molecule has 0 bridgehead atoms.